The van der Waals surface area contributed by atoms with Crippen LogP contribution in [0.15, 0.2) is 18.3 Å². The predicted molar refractivity (Wildman–Crippen MR) is 60.5 cm³/mol. The molecule has 1 aromatic heterocycles. The number of amides is 2. The first-order chi connectivity index (χ1) is 8.11. The zero-order valence-electron chi connectivity index (χ0n) is 9.77. The van der Waals surface area contributed by atoms with E-state index in [0.717, 1.165) is 5.56 Å². The maximum absolute atomic E-state index is 11.5. The van der Waals surface area contributed by atoms with E-state index in [4.69, 9.17) is 4.74 Å². The fourth-order valence-corrected chi connectivity index (χ4v) is 2.00. The molecule has 2 heterocycles. The lowest BCUT2D eigenvalue weighted by atomic mass is 9.82. The van der Waals surface area contributed by atoms with Crippen molar-refractivity contribution in [2.75, 3.05) is 7.11 Å². The number of carbonyl (C=O) groups excluding carboxylic acids is 2. The summed E-state index contributed by atoms with van der Waals surface area (Å²) in [5, 5.41) is 2.33. The molecule has 1 aromatic rings. The van der Waals surface area contributed by atoms with E-state index >= 15 is 0 Å². The Morgan fingerprint density at radius 3 is 2.76 bits per heavy atom. The lowest BCUT2D eigenvalue weighted by molar-refractivity contribution is -0.136. The van der Waals surface area contributed by atoms with Gasteiger partial charge in [-0.1, -0.05) is 13.0 Å². The summed E-state index contributed by atoms with van der Waals surface area (Å²) in [5.41, 5.74) is 0.890. The lowest BCUT2D eigenvalue weighted by Crippen LogP contribution is -2.43. The van der Waals surface area contributed by atoms with Crippen LogP contribution in [-0.2, 0) is 9.59 Å². The Morgan fingerprint density at radius 1 is 1.41 bits per heavy atom. The number of pyridine rings is 1. The summed E-state index contributed by atoms with van der Waals surface area (Å²) in [6.45, 7) is 1.82. The quantitative estimate of drug-likeness (QED) is 0.770. The number of hydrogen-bond acceptors (Lipinski definition) is 4. The van der Waals surface area contributed by atoms with Gasteiger partial charge in [-0.15, -0.1) is 0 Å². The zero-order valence-corrected chi connectivity index (χ0v) is 9.77. The Kier molecular flexibility index (Phi) is 3.08. The summed E-state index contributed by atoms with van der Waals surface area (Å²) >= 11 is 0. The van der Waals surface area contributed by atoms with Crippen molar-refractivity contribution in [3.05, 3.63) is 23.9 Å². The van der Waals surface area contributed by atoms with Crippen molar-refractivity contribution in [3.8, 4) is 5.88 Å². The predicted octanol–water partition coefficient (Wildman–Crippen LogP) is 0.856. The summed E-state index contributed by atoms with van der Waals surface area (Å²) in [4.78, 5) is 27.0. The minimum atomic E-state index is -0.228. The van der Waals surface area contributed by atoms with E-state index in [1.807, 2.05) is 13.0 Å². The van der Waals surface area contributed by atoms with Crippen LogP contribution in [0.25, 0.3) is 0 Å². The van der Waals surface area contributed by atoms with E-state index in [9.17, 15) is 9.59 Å². The first kappa shape index (κ1) is 11.6. The van der Waals surface area contributed by atoms with Crippen molar-refractivity contribution >= 4 is 11.8 Å². The van der Waals surface area contributed by atoms with Crippen LogP contribution in [0.5, 0.6) is 5.88 Å². The SMILES string of the molecule is COc1ccc(C2CC(=O)NC(=O)C2C)cn1. The van der Waals surface area contributed by atoms with E-state index in [1.54, 1.807) is 19.4 Å². The third-order valence-corrected chi connectivity index (χ3v) is 3.08. The molecule has 1 saturated heterocycles. The van der Waals surface area contributed by atoms with Crippen LogP contribution in [0.3, 0.4) is 0 Å². The molecule has 1 fully saturated rings. The molecule has 0 spiro atoms. The number of rotatable bonds is 2. The van der Waals surface area contributed by atoms with Crippen LogP contribution < -0.4 is 10.1 Å². The normalized spacial score (nSPS) is 24.4. The molecule has 2 unspecified atom stereocenters. The number of carbonyl (C=O) groups is 2. The van der Waals surface area contributed by atoms with Gasteiger partial charge in [-0.2, -0.15) is 0 Å². The minimum absolute atomic E-state index is 0.102. The van der Waals surface area contributed by atoms with E-state index in [0.29, 0.717) is 12.3 Å². The van der Waals surface area contributed by atoms with Crippen LogP contribution in [0.1, 0.15) is 24.8 Å². The Labute approximate surface area is 99.2 Å². The average molecular weight is 234 g/mol. The number of methoxy groups -OCH3 is 1. The topological polar surface area (TPSA) is 68.3 Å². The molecule has 1 N–H and O–H groups in total. The molecule has 0 radical (unpaired) electrons. The maximum atomic E-state index is 11.5. The Bertz CT molecular complexity index is 442. The molecule has 5 nitrogen and oxygen atoms in total. The highest BCUT2D eigenvalue weighted by molar-refractivity contribution is 5.99. The van der Waals surface area contributed by atoms with Crippen LogP contribution in [-0.4, -0.2) is 23.9 Å². The molecule has 0 aliphatic carbocycles. The molecular weight excluding hydrogens is 220 g/mol. The number of ether oxygens (including phenoxy) is 1. The van der Waals surface area contributed by atoms with Gasteiger partial charge in [-0.05, 0) is 5.56 Å². The molecule has 17 heavy (non-hydrogen) atoms. The average Bonchev–Trinajstić information content (AvgIpc) is 2.34. The molecule has 1 aliphatic heterocycles. The summed E-state index contributed by atoms with van der Waals surface area (Å²) in [7, 11) is 1.54. The highest BCUT2D eigenvalue weighted by Crippen LogP contribution is 2.31. The molecule has 2 atom stereocenters. The fraction of sp³-hybridized carbons (Fsp3) is 0.417. The molecule has 0 saturated carbocycles. The van der Waals surface area contributed by atoms with Gasteiger partial charge in [-0.3, -0.25) is 14.9 Å². The van der Waals surface area contributed by atoms with Crippen molar-refractivity contribution in [2.45, 2.75) is 19.3 Å². The summed E-state index contributed by atoms with van der Waals surface area (Å²) < 4.78 is 4.97. The van der Waals surface area contributed by atoms with E-state index in [2.05, 4.69) is 10.3 Å². The number of piperidine rings is 1. The number of imide groups is 1. The smallest absolute Gasteiger partial charge is 0.230 e. The van der Waals surface area contributed by atoms with Crippen molar-refractivity contribution in [2.24, 2.45) is 5.92 Å². The molecule has 90 valence electrons. The first-order valence-electron chi connectivity index (χ1n) is 5.45. The number of nitrogens with one attached hydrogen (secondary N) is 1. The highest BCUT2D eigenvalue weighted by Gasteiger charge is 2.33. The largest absolute Gasteiger partial charge is 0.481 e. The summed E-state index contributed by atoms with van der Waals surface area (Å²) in [5.74, 6) is -0.249. The van der Waals surface area contributed by atoms with Crippen LogP contribution >= 0.6 is 0 Å². The highest BCUT2D eigenvalue weighted by atomic mass is 16.5. The van der Waals surface area contributed by atoms with Crippen molar-refractivity contribution < 1.29 is 14.3 Å². The summed E-state index contributed by atoms with van der Waals surface area (Å²) in [6, 6.07) is 3.58. The zero-order chi connectivity index (χ0) is 12.4. The van der Waals surface area contributed by atoms with E-state index < -0.39 is 0 Å². The number of hydrogen-bond donors (Lipinski definition) is 1. The monoisotopic (exact) mass is 234 g/mol. The lowest BCUT2D eigenvalue weighted by Gasteiger charge is -2.27. The molecule has 2 rings (SSSR count). The Morgan fingerprint density at radius 2 is 2.18 bits per heavy atom. The van der Waals surface area contributed by atoms with Crippen LogP contribution in [0, 0.1) is 5.92 Å². The standard InChI is InChI=1S/C12H14N2O3/c1-7-9(5-10(15)14-12(7)16)8-3-4-11(17-2)13-6-8/h3-4,6-7,9H,5H2,1-2H3,(H,14,15,16). The second kappa shape index (κ2) is 4.53. The summed E-state index contributed by atoms with van der Waals surface area (Å²) in [6.07, 6.45) is 1.98. The van der Waals surface area contributed by atoms with E-state index in [1.165, 1.54) is 0 Å². The van der Waals surface area contributed by atoms with Gasteiger partial charge in [-0.25, -0.2) is 4.98 Å². The third-order valence-electron chi connectivity index (χ3n) is 3.08. The van der Waals surface area contributed by atoms with Crippen molar-refractivity contribution in [1.82, 2.24) is 10.3 Å². The molecule has 0 bridgehead atoms. The van der Waals surface area contributed by atoms with Gasteiger partial charge in [0.1, 0.15) is 0 Å². The minimum Gasteiger partial charge on any atom is -0.481 e. The van der Waals surface area contributed by atoms with Gasteiger partial charge in [0, 0.05) is 30.5 Å². The first-order valence-corrected chi connectivity index (χ1v) is 5.45. The molecule has 1 aliphatic rings. The Hall–Kier alpha value is -1.91. The van der Waals surface area contributed by atoms with Crippen molar-refractivity contribution in [1.29, 1.82) is 0 Å². The van der Waals surface area contributed by atoms with E-state index in [-0.39, 0.29) is 23.7 Å². The fourth-order valence-electron chi connectivity index (χ4n) is 2.00. The van der Waals surface area contributed by atoms with Gasteiger partial charge >= 0.3 is 0 Å². The molecule has 5 heteroatoms. The molecular formula is C12H14N2O3. The maximum Gasteiger partial charge on any atom is 0.230 e. The second-order valence-electron chi connectivity index (χ2n) is 4.15. The van der Waals surface area contributed by atoms with Crippen LogP contribution in [0.4, 0.5) is 0 Å². The third kappa shape index (κ3) is 2.27. The van der Waals surface area contributed by atoms with Gasteiger partial charge in [0.2, 0.25) is 17.7 Å². The Balaban J connectivity index is 2.24. The molecule has 0 aromatic carbocycles. The van der Waals surface area contributed by atoms with Gasteiger partial charge in [0.15, 0.2) is 0 Å². The van der Waals surface area contributed by atoms with Crippen LogP contribution in [0.2, 0.25) is 0 Å². The number of nitrogens with zero attached hydrogens (tertiary/aromatic N) is 1. The molecule has 2 amide bonds. The number of aromatic nitrogens is 1. The van der Waals surface area contributed by atoms with Gasteiger partial charge < -0.3 is 4.74 Å². The van der Waals surface area contributed by atoms with Gasteiger partial charge in [0.25, 0.3) is 0 Å². The second-order valence-corrected chi connectivity index (χ2v) is 4.15. The van der Waals surface area contributed by atoms with Crippen molar-refractivity contribution in [3.63, 3.8) is 0 Å². The van der Waals surface area contributed by atoms with Gasteiger partial charge in [0.05, 0.1) is 7.11 Å².